The zero-order valence-electron chi connectivity index (χ0n) is 12.9. The van der Waals surface area contributed by atoms with Gasteiger partial charge < -0.3 is 19.5 Å². The lowest BCUT2D eigenvalue weighted by atomic mass is 10.1. The quantitative estimate of drug-likeness (QED) is 0.633. The van der Waals surface area contributed by atoms with Gasteiger partial charge in [0.1, 0.15) is 5.75 Å². The van der Waals surface area contributed by atoms with Gasteiger partial charge in [-0.25, -0.2) is 0 Å². The summed E-state index contributed by atoms with van der Waals surface area (Å²) in [6.07, 6.45) is 2.28. The molecule has 4 nitrogen and oxygen atoms in total. The fourth-order valence-electron chi connectivity index (χ4n) is 1.87. The average Bonchev–Trinajstić information content (AvgIpc) is 2.50. The van der Waals surface area contributed by atoms with E-state index in [0.717, 1.165) is 18.8 Å². The number of unbranched alkanes of at least 4 members (excludes halogenated alkanes) is 1. The Morgan fingerprint density at radius 2 is 1.95 bits per heavy atom. The van der Waals surface area contributed by atoms with E-state index in [1.807, 2.05) is 25.2 Å². The summed E-state index contributed by atoms with van der Waals surface area (Å²) in [6.45, 7) is 4.90. The summed E-state index contributed by atoms with van der Waals surface area (Å²) in [6, 6.07) is 8.21. The molecule has 1 aromatic rings. The van der Waals surface area contributed by atoms with Crippen molar-refractivity contribution in [2.24, 2.45) is 0 Å². The van der Waals surface area contributed by atoms with E-state index in [2.05, 4.69) is 18.3 Å². The van der Waals surface area contributed by atoms with E-state index in [1.165, 1.54) is 12.0 Å². The van der Waals surface area contributed by atoms with E-state index in [9.17, 15) is 0 Å². The second-order valence-corrected chi connectivity index (χ2v) is 4.66. The first kappa shape index (κ1) is 17.0. The van der Waals surface area contributed by atoms with Gasteiger partial charge in [0.2, 0.25) is 0 Å². The summed E-state index contributed by atoms with van der Waals surface area (Å²) in [7, 11) is 3.61. The molecule has 1 atom stereocenters. The summed E-state index contributed by atoms with van der Waals surface area (Å²) in [4.78, 5) is 0. The summed E-state index contributed by atoms with van der Waals surface area (Å²) in [5.41, 5.74) is 1.17. The number of methoxy groups -OCH3 is 1. The molecule has 0 spiro atoms. The maximum absolute atomic E-state index is 5.67. The Balaban J connectivity index is 2.28. The van der Waals surface area contributed by atoms with Crippen molar-refractivity contribution in [2.45, 2.75) is 25.8 Å². The molecule has 0 amide bonds. The van der Waals surface area contributed by atoms with E-state index in [0.29, 0.717) is 19.8 Å². The molecule has 0 bridgehead atoms. The highest BCUT2D eigenvalue weighted by atomic mass is 16.5. The molecule has 1 N–H and O–H groups in total. The number of nitrogens with one attached hydrogen (secondary N) is 1. The third kappa shape index (κ3) is 6.37. The van der Waals surface area contributed by atoms with E-state index < -0.39 is 0 Å². The normalized spacial score (nSPS) is 12.3. The van der Waals surface area contributed by atoms with Gasteiger partial charge in [-0.1, -0.05) is 25.5 Å². The minimum absolute atomic E-state index is 0.167. The molecular formula is C16H27NO3. The van der Waals surface area contributed by atoms with Crippen LogP contribution in [-0.2, 0) is 9.47 Å². The molecule has 0 aliphatic heterocycles. The van der Waals surface area contributed by atoms with Crippen LogP contribution in [0.4, 0.5) is 0 Å². The highest BCUT2D eigenvalue weighted by Gasteiger charge is 2.09. The fourth-order valence-corrected chi connectivity index (χ4v) is 1.87. The zero-order valence-corrected chi connectivity index (χ0v) is 12.9. The SMILES string of the molecule is CCCCOCCOCC(NC)c1cccc(OC)c1. The fraction of sp³-hybridized carbons (Fsp3) is 0.625. The van der Waals surface area contributed by atoms with Gasteiger partial charge in [-0.15, -0.1) is 0 Å². The predicted octanol–water partition coefficient (Wildman–Crippen LogP) is 2.79. The van der Waals surface area contributed by atoms with Crippen molar-refractivity contribution in [3.8, 4) is 5.75 Å². The summed E-state index contributed by atoms with van der Waals surface area (Å²) in [5.74, 6) is 0.866. The van der Waals surface area contributed by atoms with Crippen LogP contribution < -0.4 is 10.1 Å². The second kappa shape index (κ2) is 10.7. The molecule has 0 saturated heterocycles. The largest absolute Gasteiger partial charge is 0.497 e. The average molecular weight is 281 g/mol. The Morgan fingerprint density at radius 1 is 1.15 bits per heavy atom. The third-order valence-corrected chi connectivity index (χ3v) is 3.14. The lowest BCUT2D eigenvalue weighted by Crippen LogP contribution is -2.22. The zero-order chi connectivity index (χ0) is 14.6. The van der Waals surface area contributed by atoms with Gasteiger partial charge in [0, 0.05) is 6.61 Å². The highest BCUT2D eigenvalue weighted by molar-refractivity contribution is 5.30. The van der Waals surface area contributed by atoms with Crippen LogP contribution in [-0.4, -0.2) is 40.6 Å². The van der Waals surface area contributed by atoms with Gasteiger partial charge in [0.15, 0.2) is 0 Å². The topological polar surface area (TPSA) is 39.7 Å². The van der Waals surface area contributed by atoms with Gasteiger partial charge in [-0.05, 0) is 31.2 Å². The first-order valence-corrected chi connectivity index (χ1v) is 7.28. The molecule has 0 heterocycles. The van der Waals surface area contributed by atoms with Gasteiger partial charge in [-0.3, -0.25) is 0 Å². The first-order valence-electron chi connectivity index (χ1n) is 7.28. The molecule has 0 radical (unpaired) electrons. The lowest BCUT2D eigenvalue weighted by Gasteiger charge is -2.17. The van der Waals surface area contributed by atoms with Gasteiger partial charge in [0.25, 0.3) is 0 Å². The van der Waals surface area contributed by atoms with Crippen LogP contribution in [0.5, 0.6) is 5.75 Å². The van der Waals surface area contributed by atoms with Gasteiger partial charge in [-0.2, -0.15) is 0 Å². The molecule has 1 aromatic carbocycles. The molecule has 0 aliphatic rings. The van der Waals surface area contributed by atoms with E-state index in [1.54, 1.807) is 7.11 Å². The monoisotopic (exact) mass is 281 g/mol. The Hall–Kier alpha value is -1.10. The maximum Gasteiger partial charge on any atom is 0.119 e. The third-order valence-electron chi connectivity index (χ3n) is 3.14. The van der Waals surface area contributed by atoms with Crippen LogP contribution in [0.3, 0.4) is 0 Å². The van der Waals surface area contributed by atoms with Crippen molar-refractivity contribution < 1.29 is 14.2 Å². The Kier molecular flexibility index (Phi) is 9.04. The maximum atomic E-state index is 5.67. The number of likely N-dealkylation sites (N-methyl/N-ethyl adjacent to an activating group) is 1. The Labute approximate surface area is 122 Å². The smallest absolute Gasteiger partial charge is 0.119 e. The van der Waals surface area contributed by atoms with Crippen molar-refractivity contribution >= 4 is 0 Å². The molecule has 0 saturated carbocycles. The number of hydrogen-bond donors (Lipinski definition) is 1. The van der Waals surface area contributed by atoms with Crippen LogP contribution in [0.25, 0.3) is 0 Å². The van der Waals surface area contributed by atoms with E-state index in [4.69, 9.17) is 14.2 Å². The van der Waals surface area contributed by atoms with Crippen LogP contribution in [0.1, 0.15) is 31.4 Å². The molecule has 4 heteroatoms. The molecule has 20 heavy (non-hydrogen) atoms. The second-order valence-electron chi connectivity index (χ2n) is 4.66. The molecular weight excluding hydrogens is 254 g/mol. The number of ether oxygens (including phenoxy) is 3. The van der Waals surface area contributed by atoms with Crippen LogP contribution in [0.15, 0.2) is 24.3 Å². The molecule has 1 unspecified atom stereocenters. The summed E-state index contributed by atoms with van der Waals surface area (Å²) >= 11 is 0. The lowest BCUT2D eigenvalue weighted by molar-refractivity contribution is 0.0388. The number of rotatable bonds is 11. The van der Waals surface area contributed by atoms with Crippen molar-refractivity contribution in [2.75, 3.05) is 40.6 Å². The van der Waals surface area contributed by atoms with Crippen molar-refractivity contribution in [1.29, 1.82) is 0 Å². The van der Waals surface area contributed by atoms with Crippen LogP contribution >= 0.6 is 0 Å². The molecule has 114 valence electrons. The van der Waals surface area contributed by atoms with Gasteiger partial charge in [0.05, 0.1) is 33.0 Å². The highest BCUT2D eigenvalue weighted by Crippen LogP contribution is 2.19. The number of benzene rings is 1. The molecule has 0 fully saturated rings. The summed E-state index contributed by atoms with van der Waals surface area (Å²) < 4.78 is 16.4. The number of hydrogen-bond acceptors (Lipinski definition) is 4. The predicted molar refractivity (Wildman–Crippen MR) is 81.3 cm³/mol. The minimum atomic E-state index is 0.167. The van der Waals surface area contributed by atoms with Crippen molar-refractivity contribution in [1.82, 2.24) is 5.32 Å². The van der Waals surface area contributed by atoms with Crippen LogP contribution in [0, 0.1) is 0 Å². The Morgan fingerprint density at radius 3 is 2.65 bits per heavy atom. The molecule has 0 aromatic heterocycles. The van der Waals surface area contributed by atoms with Crippen molar-refractivity contribution in [3.63, 3.8) is 0 Å². The van der Waals surface area contributed by atoms with Gasteiger partial charge >= 0.3 is 0 Å². The molecule has 1 rings (SSSR count). The summed E-state index contributed by atoms with van der Waals surface area (Å²) in [5, 5.41) is 3.26. The standard InChI is InChI=1S/C16H27NO3/c1-4-5-9-19-10-11-20-13-16(17-2)14-7-6-8-15(12-14)18-3/h6-8,12,16-17H,4-5,9-11,13H2,1-3H3. The first-order chi connectivity index (χ1) is 9.81. The minimum Gasteiger partial charge on any atom is -0.497 e. The van der Waals surface area contributed by atoms with Crippen molar-refractivity contribution in [3.05, 3.63) is 29.8 Å². The van der Waals surface area contributed by atoms with E-state index >= 15 is 0 Å². The Bertz CT molecular complexity index is 357. The van der Waals surface area contributed by atoms with Crippen LogP contribution in [0.2, 0.25) is 0 Å². The van der Waals surface area contributed by atoms with E-state index in [-0.39, 0.29) is 6.04 Å². The molecule has 0 aliphatic carbocycles.